The first kappa shape index (κ1) is 34.1. The zero-order chi connectivity index (χ0) is 33.5. The van der Waals surface area contributed by atoms with Crippen molar-refractivity contribution >= 4 is 28.9 Å². The number of fused-ring (bicyclic) bond motifs is 1. The molecule has 7 rings (SSSR count). The minimum absolute atomic E-state index is 0.0134. The molecule has 1 atom stereocenters. The van der Waals surface area contributed by atoms with Gasteiger partial charge >= 0.3 is 12.1 Å². The summed E-state index contributed by atoms with van der Waals surface area (Å²) in [4.78, 5) is 44.8. The van der Waals surface area contributed by atoms with Crippen LogP contribution in [0, 0.1) is 23.7 Å². The Labute approximate surface area is 285 Å². The summed E-state index contributed by atoms with van der Waals surface area (Å²) < 4.78 is 11.4. The molecule has 258 valence electrons. The molecule has 2 aromatic carbocycles. The molecular formula is C40H53N3O5. The molecule has 4 bridgehead atoms. The predicted molar refractivity (Wildman–Crippen MR) is 187 cm³/mol. The van der Waals surface area contributed by atoms with Crippen molar-refractivity contribution < 1.29 is 23.9 Å². The number of esters is 1. The summed E-state index contributed by atoms with van der Waals surface area (Å²) in [5.41, 5.74) is 2.53. The summed E-state index contributed by atoms with van der Waals surface area (Å²) >= 11 is 0. The minimum atomic E-state index is -0.774. The van der Waals surface area contributed by atoms with Crippen LogP contribution in [0.15, 0.2) is 60.8 Å². The van der Waals surface area contributed by atoms with Gasteiger partial charge in [-0.15, -0.1) is 0 Å². The molecule has 4 saturated carbocycles. The number of carbonyl (C=O) groups excluding carboxylic acids is 3. The first-order valence-electron chi connectivity index (χ1n) is 18.3. The molecule has 0 radical (unpaired) electrons. The van der Waals surface area contributed by atoms with Crippen LogP contribution in [0.4, 0.5) is 4.79 Å². The van der Waals surface area contributed by atoms with Crippen LogP contribution in [0.25, 0.3) is 10.9 Å². The Morgan fingerprint density at radius 3 is 2.31 bits per heavy atom. The number of benzene rings is 2. The van der Waals surface area contributed by atoms with Crippen molar-refractivity contribution in [3.05, 3.63) is 71.9 Å². The normalized spacial score (nSPS) is 23.8. The Hall–Kier alpha value is -3.81. The van der Waals surface area contributed by atoms with Crippen molar-refractivity contribution in [2.45, 2.75) is 103 Å². The van der Waals surface area contributed by atoms with Crippen molar-refractivity contribution in [1.82, 2.24) is 15.2 Å². The lowest BCUT2D eigenvalue weighted by molar-refractivity contribution is -0.143. The van der Waals surface area contributed by atoms with Crippen LogP contribution in [0.5, 0.6) is 0 Å². The summed E-state index contributed by atoms with van der Waals surface area (Å²) in [6.45, 7) is 5.15. The molecule has 4 fully saturated rings. The second-order valence-electron chi connectivity index (χ2n) is 14.9. The van der Waals surface area contributed by atoms with Crippen LogP contribution in [-0.4, -0.2) is 59.2 Å². The maximum Gasteiger partial charge on any atom is 0.407 e. The maximum absolute atomic E-state index is 13.9. The number of nitrogens with zero attached hydrogens (tertiary/aromatic N) is 1. The smallest absolute Gasteiger partial charge is 0.407 e. The van der Waals surface area contributed by atoms with Crippen LogP contribution < -0.4 is 5.32 Å². The highest BCUT2D eigenvalue weighted by Gasteiger charge is 2.50. The van der Waals surface area contributed by atoms with E-state index >= 15 is 0 Å². The molecule has 8 nitrogen and oxygen atoms in total. The van der Waals surface area contributed by atoms with E-state index in [0.29, 0.717) is 63.6 Å². The Kier molecular flexibility index (Phi) is 11.1. The summed E-state index contributed by atoms with van der Waals surface area (Å²) in [7, 11) is 0. The van der Waals surface area contributed by atoms with Gasteiger partial charge in [-0.25, -0.2) is 4.79 Å². The lowest BCUT2D eigenvalue weighted by atomic mass is 9.55. The van der Waals surface area contributed by atoms with E-state index in [-0.39, 0.29) is 24.1 Å². The molecule has 48 heavy (non-hydrogen) atoms. The number of hydrogen-bond donors (Lipinski definition) is 2. The minimum Gasteiger partial charge on any atom is -0.466 e. The number of alkyl carbamates (subject to hydrolysis) is 1. The third-order valence-electron chi connectivity index (χ3n) is 11.0. The van der Waals surface area contributed by atoms with Gasteiger partial charge in [0.05, 0.1) is 12.1 Å². The van der Waals surface area contributed by atoms with Gasteiger partial charge in [-0.05, 0) is 112 Å². The molecule has 1 unspecified atom stereocenters. The number of rotatable bonds is 16. The quantitative estimate of drug-likeness (QED) is 0.122. The highest BCUT2D eigenvalue weighted by Crippen LogP contribution is 2.54. The topological polar surface area (TPSA) is 101 Å². The second-order valence-corrected chi connectivity index (χ2v) is 14.9. The lowest BCUT2D eigenvalue weighted by Crippen LogP contribution is -2.58. The number of amides is 2. The van der Waals surface area contributed by atoms with Crippen LogP contribution in [0.2, 0.25) is 0 Å². The Bertz CT molecular complexity index is 1510. The fourth-order valence-corrected chi connectivity index (χ4v) is 9.04. The Balaban J connectivity index is 1.18. The largest absolute Gasteiger partial charge is 0.466 e. The highest BCUT2D eigenvalue weighted by atomic mass is 16.6. The molecule has 0 saturated heterocycles. The second kappa shape index (κ2) is 15.6. The molecule has 3 aromatic rings. The van der Waals surface area contributed by atoms with E-state index in [1.807, 2.05) is 48.4 Å². The fourth-order valence-electron chi connectivity index (χ4n) is 9.04. The highest BCUT2D eigenvalue weighted by molar-refractivity contribution is 5.83. The molecule has 2 N–H and O–H groups in total. The SMILES string of the molecule is CCOC(=O)CCCCCC(=O)N(CCc1ccccc1)CC(C)(Cc1c[nH]c2ccccc12)NC(=O)OC1C2CC3CC(C2)CC1C3. The molecule has 4 aliphatic rings. The van der Waals surface area contributed by atoms with Crippen LogP contribution in [0.1, 0.15) is 89.2 Å². The van der Waals surface area contributed by atoms with Gasteiger partial charge in [0.15, 0.2) is 0 Å². The van der Waals surface area contributed by atoms with Gasteiger partial charge in [0.1, 0.15) is 6.10 Å². The first-order chi connectivity index (χ1) is 23.3. The van der Waals surface area contributed by atoms with Crippen molar-refractivity contribution in [1.29, 1.82) is 0 Å². The molecule has 8 heteroatoms. The maximum atomic E-state index is 13.9. The van der Waals surface area contributed by atoms with E-state index in [2.05, 4.69) is 41.5 Å². The van der Waals surface area contributed by atoms with Crippen LogP contribution >= 0.6 is 0 Å². The molecule has 2 amide bonds. The van der Waals surface area contributed by atoms with E-state index in [4.69, 9.17) is 9.47 Å². The molecule has 4 aliphatic carbocycles. The van der Waals surface area contributed by atoms with Crippen LogP contribution in [0.3, 0.4) is 0 Å². The van der Waals surface area contributed by atoms with E-state index in [1.165, 1.54) is 32.1 Å². The number of unbranched alkanes of at least 4 members (excludes halogenated alkanes) is 2. The zero-order valence-electron chi connectivity index (χ0n) is 28.8. The third-order valence-corrected chi connectivity index (χ3v) is 11.0. The fraction of sp³-hybridized carbons (Fsp3) is 0.575. The van der Waals surface area contributed by atoms with Crippen LogP contribution in [-0.2, 0) is 31.9 Å². The number of carbonyl (C=O) groups is 3. The van der Waals surface area contributed by atoms with Crippen molar-refractivity contribution in [2.24, 2.45) is 23.7 Å². The third kappa shape index (κ3) is 8.61. The zero-order valence-corrected chi connectivity index (χ0v) is 28.8. The van der Waals surface area contributed by atoms with E-state index in [0.717, 1.165) is 46.7 Å². The molecule has 0 aliphatic heterocycles. The van der Waals surface area contributed by atoms with Gasteiger partial charge in [-0.3, -0.25) is 9.59 Å². The predicted octanol–water partition coefficient (Wildman–Crippen LogP) is 7.60. The molecule has 1 heterocycles. The number of aromatic amines is 1. The molecule has 1 aromatic heterocycles. The number of ether oxygens (including phenoxy) is 2. The number of H-pyrrole nitrogens is 1. The average molecular weight is 656 g/mol. The van der Waals surface area contributed by atoms with E-state index in [9.17, 15) is 14.4 Å². The standard InChI is InChI=1S/C40H53N3O5/c1-3-47-37(45)17-9-5-8-16-36(44)43(19-18-28-12-6-4-7-13-28)27-40(2,25-33-26-41-35-15-11-10-14-34(33)35)42-39(46)48-38-31-21-29-20-30(23-31)24-32(38)22-29/h4,6-7,10-15,26,29-32,38,41H,3,5,8-9,16-25,27H2,1-2H3,(H,42,46). The van der Waals surface area contributed by atoms with Gasteiger partial charge in [0, 0.05) is 43.0 Å². The molecular weight excluding hydrogens is 602 g/mol. The summed E-state index contributed by atoms with van der Waals surface area (Å²) in [6.07, 6.45) is 11.9. The Morgan fingerprint density at radius 2 is 1.58 bits per heavy atom. The van der Waals surface area contributed by atoms with E-state index in [1.54, 1.807) is 0 Å². The Morgan fingerprint density at radius 1 is 0.896 bits per heavy atom. The molecule has 0 spiro atoms. The van der Waals surface area contributed by atoms with Crippen molar-refractivity contribution in [2.75, 3.05) is 19.7 Å². The van der Waals surface area contributed by atoms with E-state index < -0.39 is 5.54 Å². The number of hydrogen-bond acceptors (Lipinski definition) is 5. The summed E-state index contributed by atoms with van der Waals surface area (Å²) in [5.74, 6) is 2.42. The van der Waals surface area contributed by atoms with Gasteiger partial charge in [-0.1, -0.05) is 55.0 Å². The lowest BCUT2D eigenvalue weighted by Gasteiger charge is -2.53. The van der Waals surface area contributed by atoms with Crippen molar-refractivity contribution in [3.8, 4) is 0 Å². The monoisotopic (exact) mass is 655 g/mol. The number of para-hydroxylation sites is 1. The van der Waals surface area contributed by atoms with Crippen molar-refractivity contribution in [3.63, 3.8) is 0 Å². The number of aromatic nitrogens is 1. The number of nitrogens with one attached hydrogen (secondary N) is 2. The summed E-state index contributed by atoms with van der Waals surface area (Å²) in [6, 6.07) is 18.4. The van der Waals surface area contributed by atoms with Gasteiger partial charge in [-0.2, -0.15) is 0 Å². The summed E-state index contributed by atoms with van der Waals surface area (Å²) in [5, 5.41) is 4.43. The average Bonchev–Trinajstić information content (AvgIpc) is 3.46. The van der Waals surface area contributed by atoms with Gasteiger partial charge in [0.2, 0.25) is 5.91 Å². The van der Waals surface area contributed by atoms with Gasteiger partial charge in [0.25, 0.3) is 0 Å². The first-order valence-corrected chi connectivity index (χ1v) is 18.3. The van der Waals surface area contributed by atoms with Gasteiger partial charge < -0.3 is 24.7 Å².